The van der Waals surface area contributed by atoms with E-state index in [0.717, 1.165) is 80.4 Å². The molecular formula is C45H43N9O5S. The molecule has 60 heavy (non-hydrogen) atoms. The largest absolute Gasteiger partial charge is 0.485 e. The van der Waals surface area contributed by atoms with Crippen molar-refractivity contribution in [3.63, 3.8) is 0 Å². The van der Waals surface area contributed by atoms with E-state index in [1.807, 2.05) is 48.5 Å². The van der Waals surface area contributed by atoms with E-state index in [1.165, 1.54) is 0 Å². The average molecular weight is 822 g/mol. The number of hydrogen-bond donors (Lipinski definition) is 5. The van der Waals surface area contributed by atoms with E-state index in [2.05, 4.69) is 97.9 Å². The monoisotopic (exact) mass is 821 g/mol. The SMILES string of the molecule is CCCc1nc2c(C)cc(C(Cc3ccc(-c4ccccc4-c4nnn[nH]4)cc3)Oc3ccc(NC(=O)COc4ccc(CC5SC(=O)NC5=O)cc4)c(NC)c3)cc2[nH]1. The molecule has 3 heterocycles. The number of imide groups is 1. The second-order valence-corrected chi connectivity index (χ2v) is 15.7. The highest BCUT2D eigenvalue weighted by atomic mass is 32.2. The summed E-state index contributed by atoms with van der Waals surface area (Å²) < 4.78 is 12.6. The van der Waals surface area contributed by atoms with Crippen molar-refractivity contribution in [2.75, 3.05) is 24.3 Å². The molecule has 1 aliphatic rings. The Morgan fingerprint density at radius 1 is 0.900 bits per heavy atom. The fourth-order valence-corrected chi connectivity index (χ4v) is 8.12. The lowest BCUT2D eigenvalue weighted by atomic mass is 9.95. The zero-order valence-corrected chi connectivity index (χ0v) is 34.1. The van der Waals surface area contributed by atoms with Crippen molar-refractivity contribution in [1.29, 1.82) is 0 Å². The summed E-state index contributed by atoms with van der Waals surface area (Å²) in [5.74, 6) is 2.07. The van der Waals surface area contributed by atoms with Crippen LogP contribution in [0.2, 0.25) is 0 Å². The Bertz CT molecular complexity index is 2650. The number of carbonyl (C=O) groups excluding carboxylic acids is 3. The maximum absolute atomic E-state index is 13.1. The number of benzene rings is 5. The van der Waals surface area contributed by atoms with Crippen LogP contribution >= 0.6 is 11.8 Å². The lowest BCUT2D eigenvalue weighted by Gasteiger charge is -2.22. The second-order valence-electron chi connectivity index (χ2n) is 14.5. The summed E-state index contributed by atoms with van der Waals surface area (Å²) in [4.78, 5) is 44.9. The van der Waals surface area contributed by atoms with Gasteiger partial charge in [-0.2, -0.15) is 0 Å². The summed E-state index contributed by atoms with van der Waals surface area (Å²) >= 11 is 0.990. The molecule has 0 spiro atoms. The van der Waals surface area contributed by atoms with Crippen molar-refractivity contribution >= 4 is 51.2 Å². The van der Waals surface area contributed by atoms with Crippen molar-refractivity contribution in [3.8, 4) is 34.0 Å². The number of H-pyrrole nitrogens is 2. The predicted octanol–water partition coefficient (Wildman–Crippen LogP) is 7.99. The van der Waals surface area contributed by atoms with E-state index in [9.17, 15) is 14.4 Å². The molecule has 14 nitrogen and oxygen atoms in total. The molecular weight excluding hydrogens is 779 g/mol. The molecule has 304 valence electrons. The third kappa shape index (κ3) is 9.16. The zero-order chi connectivity index (χ0) is 41.6. The molecule has 0 bridgehead atoms. The maximum atomic E-state index is 13.1. The fraction of sp³-hybridized carbons (Fsp3) is 0.222. The lowest BCUT2D eigenvalue weighted by molar-refractivity contribution is -0.119. The number of nitrogens with zero attached hydrogens (tertiary/aromatic N) is 4. The highest BCUT2D eigenvalue weighted by Crippen LogP contribution is 2.35. The Morgan fingerprint density at radius 2 is 1.67 bits per heavy atom. The van der Waals surface area contributed by atoms with Gasteiger partial charge in [-0.15, -0.1) is 5.10 Å². The van der Waals surface area contributed by atoms with Crippen molar-refractivity contribution in [2.24, 2.45) is 0 Å². The molecule has 2 atom stereocenters. The topological polar surface area (TPSA) is 189 Å². The number of tetrazole rings is 1. The minimum Gasteiger partial charge on any atom is -0.485 e. The highest BCUT2D eigenvalue weighted by Gasteiger charge is 2.31. The van der Waals surface area contributed by atoms with Gasteiger partial charge in [0.25, 0.3) is 11.1 Å². The molecule has 0 radical (unpaired) electrons. The Hall–Kier alpha value is -7.00. The smallest absolute Gasteiger partial charge is 0.286 e. The number of anilines is 2. The van der Waals surface area contributed by atoms with Gasteiger partial charge in [-0.1, -0.05) is 85.4 Å². The van der Waals surface area contributed by atoms with Gasteiger partial charge in [-0.05, 0) is 93.9 Å². The number of ether oxygens (including phenoxy) is 2. The summed E-state index contributed by atoms with van der Waals surface area (Å²) in [7, 11) is 1.79. The van der Waals surface area contributed by atoms with Crippen LogP contribution < -0.4 is 25.4 Å². The van der Waals surface area contributed by atoms with Crippen LogP contribution in [0.15, 0.2) is 103 Å². The molecule has 5 N–H and O–H groups in total. The minimum atomic E-state index is -0.453. The summed E-state index contributed by atoms with van der Waals surface area (Å²) in [6.07, 6.45) is 2.49. The number of hydrogen-bond acceptors (Lipinski definition) is 11. The van der Waals surface area contributed by atoms with Gasteiger partial charge in [0.1, 0.15) is 23.4 Å². The van der Waals surface area contributed by atoms with Crippen LogP contribution in [-0.4, -0.2) is 66.6 Å². The van der Waals surface area contributed by atoms with Crippen LogP contribution in [0.5, 0.6) is 11.5 Å². The molecule has 1 fully saturated rings. The summed E-state index contributed by atoms with van der Waals surface area (Å²) in [6, 6.07) is 33.4. The molecule has 2 aromatic heterocycles. The second kappa shape index (κ2) is 17.9. The number of fused-ring (bicyclic) bond motifs is 1. The number of rotatable bonds is 16. The summed E-state index contributed by atoms with van der Waals surface area (Å²) in [5, 5.41) is 22.2. The van der Waals surface area contributed by atoms with Crippen LogP contribution in [0.3, 0.4) is 0 Å². The zero-order valence-electron chi connectivity index (χ0n) is 33.2. The third-order valence-electron chi connectivity index (χ3n) is 10.2. The number of carbonyl (C=O) groups is 3. The Balaban J connectivity index is 0.982. The van der Waals surface area contributed by atoms with E-state index in [4.69, 9.17) is 14.5 Å². The number of thioether (sulfide) groups is 1. The van der Waals surface area contributed by atoms with Crippen molar-refractivity contribution in [2.45, 2.75) is 50.9 Å². The predicted molar refractivity (Wildman–Crippen MR) is 232 cm³/mol. The number of aromatic nitrogens is 6. The van der Waals surface area contributed by atoms with Crippen LogP contribution in [0.1, 0.15) is 47.5 Å². The third-order valence-corrected chi connectivity index (χ3v) is 11.2. The van der Waals surface area contributed by atoms with Gasteiger partial charge < -0.3 is 25.1 Å². The van der Waals surface area contributed by atoms with Gasteiger partial charge in [0, 0.05) is 31.5 Å². The standard InChI is InChI=1S/C45H43N9O5S/c1-4-7-40-47-37-23-30(20-26(2)42(37)49-40)38(21-27-10-14-29(15-11-27)33-8-5-6-9-34(33)43-51-53-54-52-43)59-32-18-19-35(36(24-32)46-3)48-41(55)25-58-31-16-12-28(13-17-31)22-39-44(56)50-45(57)60-39/h5-6,8-20,23-24,38-39,46H,4,7,21-22,25H2,1-3H3,(H,47,49)(H,48,55)(H,50,56,57)(H,51,52,53,54). The first kappa shape index (κ1) is 39.8. The highest BCUT2D eigenvalue weighted by molar-refractivity contribution is 8.15. The number of nitrogens with one attached hydrogen (secondary N) is 5. The Labute approximate surface area is 350 Å². The average Bonchev–Trinajstić information content (AvgIpc) is 4.02. The quantitative estimate of drug-likeness (QED) is 0.0636. The lowest BCUT2D eigenvalue weighted by Crippen LogP contribution is -2.25. The molecule has 1 aliphatic heterocycles. The van der Waals surface area contributed by atoms with E-state index < -0.39 is 5.25 Å². The fourth-order valence-electron chi connectivity index (χ4n) is 7.26. The van der Waals surface area contributed by atoms with Crippen LogP contribution in [-0.2, 0) is 28.9 Å². The Morgan fingerprint density at radius 3 is 2.38 bits per heavy atom. The van der Waals surface area contributed by atoms with Crippen molar-refractivity contribution in [3.05, 3.63) is 131 Å². The molecule has 1 saturated heterocycles. The van der Waals surface area contributed by atoms with Crippen LogP contribution in [0.25, 0.3) is 33.5 Å². The van der Waals surface area contributed by atoms with Crippen molar-refractivity contribution < 1.29 is 23.9 Å². The van der Waals surface area contributed by atoms with E-state index in [1.54, 1.807) is 19.2 Å². The van der Waals surface area contributed by atoms with E-state index in [-0.39, 0.29) is 29.8 Å². The first-order chi connectivity index (χ1) is 29.2. The first-order valence-corrected chi connectivity index (χ1v) is 20.5. The molecule has 8 rings (SSSR count). The van der Waals surface area contributed by atoms with E-state index >= 15 is 0 Å². The summed E-state index contributed by atoms with van der Waals surface area (Å²) in [6.45, 7) is 4.00. The first-order valence-electron chi connectivity index (χ1n) is 19.7. The molecule has 5 aromatic carbocycles. The van der Waals surface area contributed by atoms with Crippen LogP contribution in [0.4, 0.5) is 16.2 Å². The molecule has 15 heteroatoms. The van der Waals surface area contributed by atoms with Gasteiger partial charge >= 0.3 is 0 Å². The molecule has 2 unspecified atom stereocenters. The van der Waals surface area contributed by atoms with Crippen molar-refractivity contribution in [1.82, 2.24) is 35.9 Å². The normalized spacial score (nSPS) is 14.2. The number of imidazole rings is 1. The van der Waals surface area contributed by atoms with Crippen LogP contribution in [0, 0.1) is 6.92 Å². The van der Waals surface area contributed by atoms with Gasteiger partial charge in [0.05, 0.1) is 27.7 Å². The molecule has 7 aromatic rings. The maximum Gasteiger partial charge on any atom is 0.286 e. The molecule has 0 aliphatic carbocycles. The number of aryl methyl sites for hydroxylation is 2. The number of amides is 3. The van der Waals surface area contributed by atoms with Gasteiger partial charge in [0.15, 0.2) is 12.4 Å². The van der Waals surface area contributed by atoms with Gasteiger partial charge in [0.2, 0.25) is 5.91 Å². The van der Waals surface area contributed by atoms with Gasteiger partial charge in [-0.3, -0.25) is 19.7 Å². The summed E-state index contributed by atoms with van der Waals surface area (Å²) in [5.41, 5.74) is 10.2. The minimum absolute atomic E-state index is 0.213. The van der Waals surface area contributed by atoms with Gasteiger partial charge in [-0.25, -0.2) is 10.1 Å². The number of aromatic amines is 2. The molecule has 0 saturated carbocycles. The van der Waals surface area contributed by atoms with E-state index in [0.29, 0.717) is 41.5 Å². The molecule has 3 amide bonds. The Kier molecular flexibility index (Phi) is 11.9.